The lowest BCUT2D eigenvalue weighted by molar-refractivity contribution is -0.384. The molecule has 2 saturated heterocycles. The largest absolute Gasteiger partial charge is 0.369 e. The summed E-state index contributed by atoms with van der Waals surface area (Å²) in [5.41, 5.74) is 1.12. The van der Waals surface area contributed by atoms with E-state index in [1.165, 1.54) is 6.42 Å². The number of hydrogen-bond donors (Lipinski definition) is 0. The average Bonchev–Trinajstić information content (AvgIpc) is 2.68. The molecule has 3 rings (SSSR count). The van der Waals surface area contributed by atoms with E-state index in [1.54, 1.807) is 24.3 Å². The number of hydrogen-bond acceptors (Lipinski definition) is 5. The van der Waals surface area contributed by atoms with Gasteiger partial charge in [0.15, 0.2) is 0 Å². The van der Waals surface area contributed by atoms with E-state index in [0.29, 0.717) is 12.6 Å². The van der Waals surface area contributed by atoms with Crippen LogP contribution >= 0.6 is 0 Å². The Morgan fingerprint density at radius 2 is 1.81 bits per heavy atom. The Kier molecular flexibility index (Phi) is 6.08. The molecule has 2 heterocycles. The first-order valence-electron chi connectivity index (χ1n) is 9.59. The number of nitrogens with zero attached hydrogens (tertiary/aromatic N) is 4. The minimum absolute atomic E-state index is 0.116. The van der Waals surface area contributed by atoms with Gasteiger partial charge in [0.25, 0.3) is 5.69 Å². The van der Waals surface area contributed by atoms with Crippen LogP contribution in [-0.2, 0) is 4.79 Å². The van der Waals surface area contributed by atoms with Gasteiger partial charge in [-0.25, -0.2) is 0 Å². The van der Waals surface area contributed by atoms with Gasteiger partial charge in [-0.2, -0.15) is 0 Å². The maximum atomic E-state index is 12.7. The fraction of sp³-hybridized carbons (Fsp3) is 0.632. The predicted octanol–water partition coefficient (Wildman–Crippen LogP) is 2.51. The highest BCUT2D eigenvalue weighted by Gasteiger charge is 2.27. The van der Waals surface area contributed by atoms with Gasteiger partial charge in [-0.15, -0.1) is 0 Å². The molecule has 0 saturated carbocycles. The van der Waals surface area contributed by atoms with Crippen molar-refractivity contribution >= 4 is 17.3 Å². The van der Waals surface area contributed by atoms with Crippen molar-refractivity contribution in [3.63, 3.8) is 0 Å². The van der Waals surface area contributed by atoms with Crippen molar-refractivity contribution in [1.29, 1.82) is 0 Å². The van der Waals surface area contributed by atoms with E-state index in [4.69, 9.17) is 0 Å². The van der Waals surface area contributed by atoms with Gasteiger partial charge in [0, 0.05) is 56.6 Å². The molecular formula is C19H28N4O3. The number of amides is 1. The number of nitro groups is 1. The maximum Gasteiger partial charge on any atom is 0.269 e. The Balaban J connectivity index is 1.50. The molecule has 1 aromatic rings. The molecule has 7 nitrogen and oxygen atoms in total. The normalized spacial score (nSPS) is 21.7. The molecule has 0 aromatic heterocycles. The van der Waals surface area contributed by atoms with Gasteiger partial charge in [0.2, 0.25) is 5.91 Å². The third kappa shape index (κ3) is 4.33. The lowest BCUT2D eigenvalue weighted by Gasteiger charge is -2.39. The van der Waals surface area contributed by atoms with Gasteiger partial charge in [-0.1, -0.05) is 6.92 Å². The van der Waals surface area contributed by atoms with E-state index in [2.05, 4.69) is 21.6 Å². The summed E-state index contributed by atoms with van der Waals surface area (Å²) in [5.74, 6) is 0.264. The van der Waals surface area contributed by atoms with E-state index in [9.17, 15) is 14.9 Å². The van der Waals surface area contributed by atoms with Crippen molar-refractivity contribution in [2.24, 2.45) is 0 Å². The van der Waals surface area contributed by atoms with Crippen molar-refractivity contribution in [2.45, 2.75) is 38.6 Å². The molecule has 2 fully saturated rings. The summed E-state index contributed by atoms with van der Waals surface area (Å²) >= 11 is 0. The highest BCUT2D eigenvalue weighted by Crippen LogP contribution is 2.22. The number of rotatable bonds is 5. The molecule has 1 amide bonds. The van der Waals surface area contributed by atoms with Crippen LogP contribution in [0.3, 0.4) is 0 Å². The van der Waals surface area contributed by atoms with Crippen molar-refractivity contribution in [3.05, 3.63) is 34.4 Å². The summed E-state index contributed by atoms with van der Waals surface area (Å²) in [4.78, 5) is 29.6. The second kappa shape index (κ2) is 8.49. The molecule has 2 aliphatic rings. The molecule has 1 aromatic carbocycles. The molecule has 0 N–H and O–H groups in total. The number of benzene rings is 1. The molecule has 7 heteroatoms. The van der Waals surface area contributed by atoms with Crippen LogP contribution in [-0.4, -0.2) is 65.9 Å². The maximum absolute atomic E-state index is 12.7. The monoisotopic (exact) mass is 360 g/mol. The standard InChI is InChI=1S/C19H28N4O3/c1-2-16-5-3-4-10-22(16)19(24)15-20-11-13-21(14-12-20)17-6-8-18(9-7-17)23(25)26/h6-9,16H,2-5,10-15H2,1H3. The first-order valence-corrected chi connectivity index (χ1v) is 9.59. The Bertz CT molecular complexity index is 626. The molecule has 26 heavy (non-hydrogen) atoms. The van der Waals surface area contributed by atoms with Gasteiger partial charge in [-0.3, -0.25) is 19.8 Å². The summed E-state index contributed by atoms with van der Waals surface area (Å²) < 4.78 is 0. The van der Waals surface area contributed by atoms with Crippen molar-refractivity contribution in [1.82, 2.24) is 9.80 Å². The SMILES string of the molecule is CCC1CCCCN1C(=O)CN1CCN(c2ccc([N+](=O)[O-])cc2)CC1. The van der Waals surface area contributed by atoms with Crippen LogP contribution in [0.2, 0.25) is 0 Å². The van der Waals surface area contributed by atoms with Gasteiger partial charge in [0.1, 0.15) is 0 Å². The topological polar surface area (TPSA) is 69.9 Å². The van der Waals surface area contributed by atoms with Crippen LogP contribution in [0.1, 0.15) is 32.6 Å². The van der Waals surface area contributed by atoms with Crippen molar-refractivity contribution in [2.75, 3.05) is 44.2 Å². The summed E-state index contributed by atoms with van der Waals surface area (Å²) in [6, 6.07) is 7.12. The van der Waals surface area contributed by atoms with Gasteiger partial charge in [-0.05, 0) is 37.8 Å². The van der Waals surface area contributed by atoms with Gasteiger partial charge >= 0.3 is 0 Å². The third-order valence-electron chi connectivity index (χ3n) is 5.58. The number of carbonyl (C=O) groups excluding carboxylic acids is 1. The Morgan fingerprint density at radius 3 is 2.42 bits per heavy atom. The predicted molar refractivity (Wildman–Crippen MR) is 101 cm³/mol. The Labute approximate surface area is 154 Å². The van der Waals surface area contributed by atoms with Crippen LogP contribution in [0.25, 0.3) is 0 Å². The summed E-state index contributed by atoms with van der Waals surface area (Å²) in [5, 5.41) is 10.8. The van der Waals surface area contributed by atoms with Crippen LogP contribution in [0.4, 0.5) is 11.4 Å². The number of nitro benzene ring substituents is 1. The molecule has 0 bridgehead atoms. The lowest BCUT2D eigenvalue weighted by Crippen LogP contribution is -2.52. The number of non-ortho nitro benzene ring substituents is 1. The summed E-state index contributed by atoms with van der Waals surface area (Å²) in [6.07, 6.45) is 4.53. The van der Waals surface area contributed by atoms with Crippen molar-refractivity contribution < 1.29 is 9.72 Å². The zero-order chi connectivity index (χ0) is 18.5. The summed E-state index contributed by atoms with van der Waals surface area (Å²) in [7, 11) is 0. The number of carbonyl (C=O) groups is 1. The molecule has 1 unspecified atom stereocenters. The molecule has 0 aliphatic carbocycles. The van der Waals surface area contributed by atoms with E-state index < -0.39 is 0 Å². The van der Waals surface area contributed by atoms with E-state index in [1.807, 2.05) is 0 Å². The lowest BCUT2D eigenvalue weighted by atomic mass is 10.00. The fourth-order valence-corrected chi connectivity index (χ4v) is 3.98. The minimum Gasteiger partial charge on any atom is -0.369 e. The average molecular weight is 360 g/mol. The molecule has 1 atom stereocenters. The van der Waals surface area contributed by atoms with Crippen LogP contribution in [0.5, 0.6) is 0 Å². The number of piperazine rings is 1. The number of likely N-dealkylation sites (tertiary alicyclic amines) is 1. The zero-order valence-electron chi connectivity index (χ0n) is 15.5. The van der Waals surface area contributed by atoms with Crippen LogP contribution in [0, 0.1) is 10.1 Å². The second-order valence-corrected chi connectivity index (χ2v) is 7.18. The van der Waals surface area contributed by atoms with Crippen molar-refractivity contribution in [3.8, 4) is 0 Å². The highest BCUT2D eigenvalue weighted by molar-refractivity contribution is 5.78. The quantitative estimate of drug-likeness (QED) is 0.596. The molecule has 142 valence electrons. The Morgan fingerprint density at radius 1 is 1.12 bits per heavy atom. The van der Waals surface area contributed by atoms with E-state index in [-0.39, 0.29) is 16.5 Å². The van der Waals surface area contributed by atoms with Crippen LogP contribution < -0.4 is 4.90 Å². The first-order chi connectivity index (χ1) is 12.6. The summed E-state index contributed by atoms with van der Waals surface area (Å²) in [6.45, 7) is 6.93. The van der Waals surface area contributed by atoms with E-state index in [0.717, 1.165) is 57.7 Å². The number of piperidine rings is 1. The molecule has 0 radical (unpaired) electrons. The Hall–Kier alpha value is -2.15. The van der Waals surface area contributed by atoms with E-state index >= 15 is 0 Å². The highest BCUT2D eigenvalue weighted by atomic mass is 16.6. The first kappa shape index (κ1) is 18.6. The fourth-order valence-electron chi connectivity index (χ4n) is 3.98. The van der Waals surface area contributed by atoms with Crippen LogP contribution in [0.15, 0.2) is 24.3 Å². The molecular weight excluding hydrogens is 332 g/mol. The van der Waals surface area contributed by atoms with Gasteiger partial charge in [0.05, 0.1) is 11.5 Å². The number of anilines is 1. The smallest absolute Gasteiger partial charge is 0.269 e. The second-order valence-electron chi connectivity index (χ2n) is 7.18. The zero-order valence-corrected chi connectivity index (χ0v) is 15.5. The molecule has 0 spiro atoms. The minimum atomic E-state index is -0.377. The van der Waals surface area contributed by atoms with Gasteiger partial charge < -0.3 is 9.80 Å². The molecule has 2 aliphatic heterocycles. The third-order valence-corrected chi connectivity index (χ3v) is 5.58.